The van der Waals surface area contributed by atoms with E-state index in [-0.39, 0.29) is 12.5 Å². The van der Waals surface area contributed by atoms with Crippen molar-refractivity contribution in [3.63, 3.8) is 0 Å². The van der Waals surface area contributed by atoms with E-state index in [0.29, 0.717) is 39.3 Å². The number of benzene rings is 3. The lowest BCUT2D eigenvalue weighted by molar-refractivity contribution is 0.0983. The summed E-state index contributed by atoms with van der Waals surface area (Å²) in [5, 5.41) is 2.81. The van der Waals surface area contributed by atoms with Crippen LogP contribution in [0.15, 0.2) is 72.9 Å². The average molecular weight is 504 g/mol. The molecule has 0 aliphatic carbocycles. The smallest absolute Gasteiger partial charge is 0.264 e. The molecule has 1 amide bonds. The molecule has 0 fully saturated rings. The molecule has 0 aliphatic heterocycles. The van der Waals surface area contributed by atoms with Crippen LogP contribution in [0.5, 0.6) is 11.5 Å². The molecule has 5 aromatic rings. The number of thiazole rings is 1. The van der Waals surface area contributed by atoms with Crippen molar-refractivity contribution in [1.82, 2.24) is 9.97 Å². The van der Waals surface area contributed by atoms with Gasteiger partial charge in [-0.2, -0.15) is 0 Å². The van der Waals surface area contributed by atoms with Gasteiger partial charge in [0.05, 0.1) is 41.2 Å². The zero-order valence-electron chi connectivity index (χ0n) is 19.2. The molecule has 176 valence electrons. The van der Waals surface area contributed by atoms with Gasteiger partial charge in [0.1, 0.15) is 17.0 Å². The van der Waals surface area contributed by atoms with Gasteiger partial charge >= 0.3 is 0 Å². The second kappa shape index (κ2) is 9.90. The van der Waals surface area contributed by atoms with Gasteiger partial charge in [-0.1, -0.05) is 59.3 Å². The minimum absolute atomic E-state index is 0.230. The normalized spacial score (nSPS) is 11.1. The SMILES string of the molecule is CCOc1ccc2ccccc2c1C(=O)N(Cc1ccccn1)c1nc2c(OC)ccc(Cl)c2s1. The molecule has 0 N–H and O–H groups in total. The molecular formula is C27H22ClN3O3S. The predicted octanol–water partition coefficient (Wildman–Crippen LogP) is 6.75. The Morgan fingerprint density at radius 3 is 2.60 bits per heavy atom. The predicted molar refractivity (Wildman–Crippen MR) is 141 cm³/mol. The summed E-state index contributed by atoms with van der Waals surface area (Å²) < 4.78 is 12.1. The van der Waals surface area contributed by atoms with Crippen LogP contribution < -0.4 is 14.4 Å². The monoisotopic (exact) mass is 503 g/mol. The largest absolute Gasteiger partial charge is 0.494 e. The van der Waals surface area contributed by atoms with Crippen molar-refractivity contribution in [2.75, 3.05) is 18.6 Å². The number of hydrogen-bond donors (Lipinski definition) is 0. The van der Waals surface area contributed by atoms with Crippen LogP contribution in [0.2, 0.25) is 5.02 Å². The molecule has 35 heavy (non-hydrogen) atoms. The van der Waals surface area contributed by atoms with E-state index in [1.54, 1.807) is 30.3 Å². The molecule has 2 aromatic heterocycles. The van der Waals surface area contributed by atoms with Crippen LogP contribution in [0.3, 0.4) is 0 Å². The number of pyridine rings is 1. The number of ether oxygens (including phenoxy) is 2. The molecule has 0 saturated carbocycles. The molecule has 0 bridgehead atoms. The zero-order chi connectivity index (χ0) is 24.4. The molecule has 0 unspecified atom stereocenters. The van der Waals surface area contributed by atoms with Gasteiger partial charge in [-0.25, -0.2) is 4.98 Å². The van der Waals surface area contributed by atoms with Gasteiger partial charge in [0, 0.05) is 6.20 Å². The van der Waals surface area contributed by atoms with E-state index in [9.17, 15) is 4.79 Å². The number of anilines is 1. The van der Waals surface area contributed by atoms with Gasteiger partial charge in [0.25, 0.3) is 5.91 Å². The number of amides is 1. The lowest BCUT2D eigenvalue weighted by Gasteiger charge is -2.22. The quantitative estimate of drug-likeness (QED) is 0.246. The summed E-state index contributed by atoms with van der Waals surface area (Å²) in [6, 6.07) is 20.7. The minimum Gasteiger partial charge on any atom is -0.494 e. The van der Waals surface area contributed by atoms with Crippen LogP contribution in [0.4, 0.5) is 5.13 Å². The number of rotatable bonds is 7. The Balaban J connectivity index is 1.71. The Labute approximate surface area is 211 Å². The summed E-state index contributed by atoms with van der Waals surface area (Å²) in [5.74, 6) is 0.890. The van der Waals surface area contributed by atoms with Crippen LogP contribution in [0.1, 0.15) is 23.0 Å². The molecule has 3 aromatic carbocycles. The standard InChI is InChI=1S/C27H22ClN3O3S/c1-3-34-21-13-11-17-8-4-5-10-19(17)23(21)26(32)31(16-18-9-6-7-15-29-18)27-30-24-22(33-2)14-12-20(28)25(24)35-27/h4-15H,3,16H2,1-2H3. The van der Waals surface area contributed by atoms with Crippen molar-refractivity contribution in [2.45, 2.75) is 13.5 Å². The summed E-state index contributed by atoms with van der Waals surface area (Å²) in [7, 11) is 1.59. The van der Waals surface area contributed by atoms with E-state index in [4.69, 9.17) is 26.1 Å². The van der Waals surface area contributed by atoms with E-state index >= 15 is 0 Å². The van der Waals surface area contributed by atoms with E-state index in [2.05, 4.69) is 4.98 Å². The number of methoxy groups -OCH3 is 1. The maximum Gasteiger partial charge on any atom is 0.264 e. The summed E-state index contributed by atoms with van der Waals surface area (Å²) in [4.78, 5) is 25.2. The number of carbonyl (C=O) groups excluding carboxylic acids is 1. The first-order chi connectivity index (χ1) is 17.1. The van der Waals surface area contributed by atoms with Gasteiger partial charge in [-0.3, -0.25) is 14.7 Å². The minimum atomic E-state index is -0.231. The number of nitrogens with zero attached hydrogens (tertiary/aromatic N) is 3. The van der Waals surface area contributed by atoms with E-state index in [0.717, 1.165) is 21.2 Å². The summed E-state index contributed by atoms with van der Waals surface area (Å²) >= 11 is 7.83. The highest BCUT2D eigenvalue weighted by molar-refractivity contribution is 7.23. The molecule has 6 nitrogen and oxygen atoms in total. The summed E-state index contributed by atoms with van der Waals surface area (Å²) in [6.45, 7) is 2.57. The third-order valence-electron chi connectivity index (χ3n) is 5.59. The Morgan fingerprint density at radius 2 is 1.83 bits per heavy atom. The first kappa shape index (κ1) is 23.1. The molecule has 0 aliphatic rings. The molecule has 8 heteroatoms. The second-order valence-electron chi connectivity index (χ2n) is 7.73. The molecule has 0 atom stereocenters. The van der Waals surface area contributed by atoms with Gasteiger partial charge in [-0.05, 0) is 48.0 Å². The molecular weight excluding hydrogens is 482 g/mol. The van der Waals surface area contributed by atoms with Crippen molar-refractivity contribution in [1.29, 1.82) is 0 Å². The van der Waals surface area contributed by atoms with Crippen LogP contribution >= 0.6 is 22.9 Å². The zero-order valence-corrected chi connectivity index (χ0v) is 20.8. The first-order valence-corrected chi connectivity index (χ1v) is 12.3. The highest BCUT2D eigenvalue weighted by Gasteiger charge is 2.27. The van der Waals surface area contributed by atoms with Crippen LogP contribution in [-0.4, -0.2) is 29.6 Å². The van der Waals surface area contributed by atoms with Gasteiger partial charge < -0.3 is 9.47 Å². The summed E-state index contributed by atoms with van der Waals surface area (Å²) in [5.41, 5.74) is 1.83. The lowest BCUT2D eigenvalue weighted by atomic mass is 10.0. The molecule has 5 rings (SSSR count). The number of halogens is 1. The van der Waals surface area contributed by atoms with Crippen molar-refractivity contribution in [2.24, 2.45) is 0 Å². The van der Waals surface area contributed by atoms with Gasteiger partial charge in [0.2, 0.25) is 0 Å². The van der Waals surface area contributed by atoms with Crippen molar-refractivity contribution >= 4 is 55.0 Å². The van der Waals surface area contributed by atoms with Crippen LogP contribution in [-0.2, 0) is 6.54 Å². The van der Waals surface area contributed by atoms with Crippen molar-refractivity contribution < 1.29 is 14.3 Å². The third-order valence-corrected chi connectivity index (χ3v) is 7.13. The Hall–Kier alpha value is -3.68. The fourth-order valence-corrected chi connectivity index (χ4v) is 5.24. The number of carbonyl (C=O) groups is 1. The highest BCUT2D eigenvalue weighted by atomic mass is 35.5. The highest BCUT2D eigenvalue weighted by Crippen LogP contribution is 2.40. The Kier molecular flexibility index (Phi) is 6.53. The third kappa shape index (κ3) is 4.40. The molecule has 0 spiro atoms. The Morgan fingerprint density at radius 1 is 1.03 bits per heavy atom. The maximum absolute atomic E-state index is 14.3. The van der Waals surface area contributed by atoms with Crippen LogP contribution in [0.25, 0.3) is 21.0 Å². The average Bonchev–Trinajstić information content (AvgIpc) is 3.34. The van der Waals surface area contributed by atoms with Crippen molar-refractivity contribution in [3.05, 3.63) is 89.2 Å². The van der Waals surface area contributed by atoms with Gasteiger partial charge in [-0.15, -0.1) is 0 Å². The lowest BCUT2D eigenvalue weighted by Crippen LogP contribution is -2.31. The number of hydrogen-bond acceptors (Lipinski definition) is 6. The van der Waals surface area contributed by atoms with E-state index in [1.807, 2.05) is 61.5 Å². The first-order valence-electron chi connectivity index (χ1n) is 11.1. The number of aromatic nitrogens is 2. The van der Waals surface area contributed by atoms with E-state index < -0.39 is 0 Å². The van der Waals surface area contributed by atoms with Crippen molar-refractivity contribution in [3.8, 4) is 11.5 Å². The second-order valence-corrected chi connectivity index (χ2v) is 9.11. The fourth-order valence-electron chi connectivity index (χ4n) is 3.98. The maximum atomic E-state index is 14.3. The molecule has 2 heterocycles. The topological polar surface area (TPSA) is 64.5 Å². The fraction of sp³-hybridized carbons (Fsp3) is 0.148. The molecule has 0 radical (unpaired) electrons. The molecule has 0 saturated heterocycles. The number of fused-ring (bicyclic) bond motifs is 2. The van der Waals surface area contributed by atoms with Crippen LogP contribution in [0, 0.1) is 0 Å². The van der Waals surface area contributed by atoms with E-state index in [1.165, 1.54) is 11.3 Å². The Bertz CT molecular complexity index is 1520. The summed E-state index contributed by atoms with van der Waals surface area (Å²) in [6.07, 6.45) is 1.71. The van der Waals surface area contributed by atoms with Gasteiger partial charge in [0.15, 0.2) is 5.13 Å².